The second kappa shape index (κ2) is 5.46. The largest absolute Gasteiger partial charge is 0.330 e. The number of hydrogen-bond donors (Lipinski definition) is 1. The zero-order valence-corrected chi connectivity index (χ0v) is 10.6. The van der Waals surface area contributed by atoms with Gasteiger partial charge < -0.3 is 5.73 Å². The van der Waals surface area contributed by atoms with Crippen molar-refractivity contribution in [2.75, 3.05) is 6.54 Å². The lowest BCUT2D eigenvalue weighted by Crippen LogP contribution is -2.16. The molecule has 16 heavy (non-hydrogen) atoms. The Kier molecular flexibility index (Phi) is 3.97. The van der Waals surface area contributed by atoms with E-state index in [1.54, 1.807) is 0 Å². The average molecular weight is 233 g/mol. The van der Waals surface area contributed by atoms with E-state index in [2.05, 4.69) is 36.6 Å². The van der Waals surface area contributed by atoms with E-state index in [4.69, 9.17) is 5.73 Å². The topological polar surface area (TPSA) is 26.0 Å². The molecule has 2 N–H and O–H groups in total. The van der Waals surface area contributed by atoms with E-state index in [1.807, 2.05) is 11.3 Å². The van der Waals surface area contributed by atoms with Gasteiger partial charge in [-0.05, 0) is 47.7 Å². The number of nitrogens with two attached hydrogens (primary N) is 1. The Hall–Kier alpha value is -0.860. The SMILES string of the molecule is CCCC(CN)Cc1csc2ccccc12. The molecule has 0 amide bonds. The van der Waals surface area contributed by atoms with Crippen LogP contribution in [0.5, 0.6) is 0 Å². The van der Waals surface area contributed by atoms with Crippen LogP contribution in [0.3, 0.4) is 0 Å². The number of benzene rings is 1. The molecular weight excluding hydrogens is 214 g/mol. The highest BCUT2D eigenvalue weighted by Crippen LogP contribution is 2.28. The van der Waals surface area contributed by atoms with Crippen LogP contribution in [-0.4, -0.2) is 6.54 Å². The van der Waals surface area contributed by atoms with E-state index in [1.165, 1.54) is 28.5 Å². The third-order valence-electron chi connectivity index (χ3n) is 3.10. The van der Waals surface area contributed by atoms with Crippen LogP contribution in [0.1, 0.15) is 25.3 Å². The Morgan fingerprint density at radius 1 is 1.31 bits per heavy atom. The van der Waals surface area contributed by atoms with Gasteiger partial charge in [-0.15, -0.1) is 11.3 Å². The van der Waals surface area contributed by atoms with Crippen molar-refractivity contribution >= 4 is 21.4 Å². The third-order valence-corrected chi connectivity index (χ3v) is 4.11. The van der Waals surface area contributed by atoms with Gasteiger partial charge >= 0.3 is 0 Å². The van der Waals surface area contributed by atoms with Gasteiger partial charge in [0, 0.05) is 4.70 Å². The Morgan fingerprint density at radius 3 is 2.88 bits per heavy atom. The quantitative estimate of drug-likeness (QED) is 0.834. The summed E-state index contributed by atoms with van der Waals surface area (Å²) in [6.45, 7) is 3.03. The Bertz CT molecular complexity index is 447. The van der Waals surface area contributed by atoms with E-state index < -0.39 is 0 Å². The van der Waals surface area contributed by atoms with Crippen LogP contribution in [0.2, 0.25) is 0 Å². The molecule has 86 valence electrons. The lowest BCUT2D eigenvalue weighted by atomic mass is 9.95. The smallest absolute Gasteiger partial charge is 0.0345 e. The summed E-state index contributed by atoms with van der Waals surface area (Å²) in [5.41, 5.74) is 7.30. The molecule has 0 radical (unpaired) electrons. The molecular formula is C14H19NS. The van der Waals surface area contributed by atoms with E-state index in [0.717, 1.165) is 13.0 Å². The van der Waals surface area contributed by atoms with Crippen LogP contribution in [0.25, 0.3) is 10.1 Å². The Balaban J connectivity index is 2.20. The summed E-state index contributed by atoms with van der Waals surface area (Å²) in [5, 5.41) is 3.71. The number of fused-ring (bicyclic) bond motifs is 1. The molecule has 0 saturated heterocycles. The van der Waals surface area contributed by atoms with Crippen LogP contribution < -0.4 is 5.73 Å². The van der Waals surface area contributed by atoms with Crippen molar-refractivity contribution in [1.29, 1.82) is 0 Å². The zero-order valence-electron chi connectivity index (χ0n) is 9.78. The molecule has 1 unspecified atom stereocenters. The summed E-state index contributed by atoms with van der Waals surface area (Å²) in [6.07, 6.45) is 3.60. The van der Waals surface area contributed by atoms with E-state index in [9.17, 15) is 0 Å². The molecule has 0 aliphatic rings. The normalized spacial score (nSPS) is 13.1. The van der Waals surface area contributed by atoms with Crippen molar-refractivity contribution in [3.63, 3.8) is 0 Å². The lowest BCUT2D eigenvalue weighted by molar-refractivity contribution is 0.489. The summed E-state index contributed by atoms with van der Waals surface area (Å²) in [7, 11) is 0. The Morgan fingerprint density at radius 2 is 2.12 bits per heavy atom. The van der Waals surface area contributed by atoms with Gasteiger partial charge in [-0.3, -0.25) is 0 Å². The minimum atomic E-state index is 0.642. The predicted molar refractivity (Wildman–Crippen MR) is 73.0 cm³/mol. The van der Waals surface area contributed by atoms with Crippen molar-refractivity contribution in [3.8, 4) is 0 Å². The molecule has 1 aromatic heterocycles. The van der Waals surface area contributed by atoms with Gasteiger partial charge in [-0.2, -0.15) is 0 Å². The molecule has 1 aromatic carbocycles. The van der Waals surface area contributed by atoms with Gasteiger partial charge in [-0.25, -0.2) is 0 Å². The molecule has 2 rings (SSSR count). The standard InChI is InChI=1S/C14H19NS/c1-2-5-11(9-15)8-12-10-16-14-7-4-3-6-13(12)14/h3-4,6-7,10-11H,2,5,8-9,15H2,1H3. The van der Waals surface area contributed by atoms with Crippen molar-refractivity contribution in [2.45, 2.75) is 26.2 Å². The van der Waals surface area contributed by atoms with E-state index >= 15 is 0 Å². The molecule has 1 atom stereocenters. The van der Waals surface area contributed by atoms with Crippen LogP contribution >= 0.6 is 11.3 Å². The minimum absolute atomic E-state index is 0.642. The highest BCUT2D eigenvalue weighted by Gasteiger charge is 2.10. The van der Waals surface area contributed by atoms with Gasteiger partial charge in [0.05, 0.1) is 0 Å². The average Bonchev–Trinajstić information content (AvgIpc) is 2.72. The summed E-state index contributed by atoms with van der Waals surface area (Å²) in [4.78, 5) is 0. The highest BCUT2D eigenvalue weighted by atomic mass is 32.1. The fourth-order valence-electron chi connectivity index (χ4n) is 2.21. The maximum absolute atomic E-state index is 5.82. The third kappa shape index (κ3) is 2.45. The van der Waals surface area contributed by atoms with Gasteiger partial charge in [0.2, 0.25) is 0 Å². The fraction of sp³-hybridized carbons (Fsp3) is 0.429. The fourth-order valence-corrected chi connectivity index (χ4v) is 3.19. The molecule has 0 spiro atoms. The second-order valence-electron chi connectivity index (χ2n) is 4.35. The summed E-state index contributed by atoms with van der Waals surface area (Å²) in [6, 6.07) is 8.65. The monoisotopic (exact) mass is 233 g/mol. The lowest BCUT2D eigenvalue weighted by Gasteiger charge is -2.12. The molecule has 0 saturated carbocycles. The summed E-state index contributed by atoms with van der Waals surface area (Å²) < 4.78 is 1.39. The van der Waals surface area contributed by atoms with Crippen LogP contribution in [-0.2, 0) is 6.42 Å². The first kappa shape index (κ1) is 11.6. The van der Waals surface area contributed by atoms with Crippen molar-refractivity contribution in [3.05, 3.63) is 35.2 Å². The highest BCUT2D eigenvalue weighted by molar-refractivity contribution is 7.17. The number of rotatable bonds is 5. The molecule has 0 aliphatic carbocycles. The molecule has 0 fully saturated rings. The summed E-state index contributed by atoms with van der Waals surface area (Å²) in [5.74, 6) is 0.642. The molecule has 2 heteroatoms. The maximum Gasteiger partial charge on any atom is 0.0345 e. The zero-order chi connectivity index (χ0) is 11.4. The maximum atomic E-state index is 5.82. The molecule has 1 heterocycles. The summed E-state index contributed by atoms with van der Waals surface area (Å²) >= 11 is 1.84. The van der Waals surface area contributed by atoms with Crippen molar-refractivity contribution in [2.24, 2.45) is 11.7 Å². The predicted octanol–water partition coefficient (Wildman–Crippen LogP) is 3.82. The van der Waals surface area contributed by atoms with Gasteiger partial charge in [0.1, 0.15) is 0 Å². The first-order valence-corrected chi connectivity index (χ1v) is 6.88. The van der Waals surface area contributed by atoms with Gasteiger partial charge in [-0.1, -0.05) is 31.5 Å². The van der Waals surface area contributed by atoms with E-state index in [0.29, 0.717) is 5.92 Å². The minimum Gasteiger partial charge on any atom is -0.330 e. The molecule has 0 aliphatic heterocycles. The van der Waals surface area contributed by atoms with Crippen molar-refractivity contribution in [1.82, 2.24) is 0 Å². The second-order valence-corrected chi connectivity index (χ2v) is 5.26. The van der Waals surface area contributed by atoms with Gasteiger partial charge in [0.25, 0.3) is 0 Å². The molecule has 0 bridgehead atoms. The first-order valence-electron chi connectivity index (χ1n) is 6.00. The number of hydrogen-bond acceptors (Lipinski definition) is 2. The van der Waals surface area contributed by atoms with Gasteiger partial charge in [0.15, 0.2) is 0 Å². The van der Waals surface area contributed by atoms with Crippen LogP contribution in [0, 0.1) is 5.92 Å². The van der Waals surface area contributed by atoms with Crippen LogP contribution in [0.15, 0.2) is 29.6 Å². The van der Waals surface area contributed by atoms with Crippen molar-refractivity contribution < 1.29 is 0 Å². The van der Waals surface area contributed by atoms with E-state index in [-0.39, 0.29) is 0 Å². The molecule has 2 aromatic rings. The first-order chi connectivity index (χ1) is 7.85. The number of thiophene rings is 1. The Labute approximate surface area is 101 Å². The van der Waals surface area contributed by atoms with Crippen LogP contribution in [0.4, 0.5) is 0 Å². The molecule has 1 nitrogen and oxygen atoms in total.